The Balaban J connectivity index is 1.80. The van der Waals surface area contributed by atoms with Crippen molar-refractivity contribution >= 4 is 5.97 Å². The van der Waals surface area contributed by atoms with Crippen LogP contribution in [0.3, 0.4) is 0 Å². The molecule has 0 heterocycles. The van der Waals surface area contributed by atoms with E-state index in [-0.39, 0.29) is 17.5 Å². The molecule has 1 unspecified atom stereocenters. The van der Waals surface area contributed by atoms with Gasteiger partial charge in [0.25, 0.3) is 0 Å². The van der Waals surface area contributed by atoms with Crippen molar-refractivity contribution < 1.29 is 9.53 Å². The molecule has 0 aromatic carbocycles. The molecule has 0 saturated heterocycles. The Morgan fingerprint density at radius 3 is 2.05 bits per heavy atom. The van der Waals surface area contributed by atoms with Crippen molar-refractivity contribution in [2.75, 3.05) is 0 Å². The Hall–Kier alpha value is -1.05. The van der Waals surface area contributed by atoms with Crippen LogP contribution in [-0.4, -0.2) is 12.1 Å². The third-order valence-corrected chi connectivity index (χ3v) is 5.49. The SMILES string of the molecule is C=CC(OC(=O)C(=C)C)C12CC3CC(CC(C3)C1)C2. The summed E-state index contributed by atoms with van der Waals surface area (Å²) in [4.78, 5) is 11.8. The van der Waals surface area contributed by atoms with E-state index >= 15 is 0 Å². The van der Waals surface area contributed by atoms with Crippen LogP contribution < -0.4 is 0 Å². The van der Waals surface area contributed by atoms with Gasteiger partial charge in [0, 0.05) is 11.0 Å². The van der Waals surface area contributed by atoms with Crippen LogP contribution in [0.4, 0.5) is 0 Å². The Morgan fingerprint density at radius 2 is 1.68 bits per heavy atom. The summed E-state index contributed by atoms with van der Waals surface area (Å²) in [5, 5.41) is 0. The van der Waals surface area contributed by atoms with Gasteiger partial charge in [-0.05, 0) is 63.2 Å². The third kappa shape index (κ3) is 2.15. The molecule has 4 aliphatic rings. The molecular formula is C17H24O2. The molecule has 0 aromatic rings. The molecule has 2 nitrogen and oxygen atoms in total. The van der Waals surface area contributed by atoms with E-state index < -0.39 is 0 Å². The summed E-state index contributed by atoms with van der Waals surface area (Å²) in [6.07, 6.45) is 9.60. The lowest BCUT2D eigenvalue weighted by atomic mass is 9.48. The van der Waals surface area contributed by atoms with Gasteiger partial charge in [-0.15, -0.1) is 0 Å². The van der Waals surface area contributed by atoms with Crippen molar-refractivity contribution in [2.45, 2.75) is 51.6 Å². The second kappa shape index (κ2) is 4.50. The Labute approximate surface area is 115 Å². The molecular weight excluding hydrogens is 236 g/mol. The molecule has 0 radical (unpaired) electrons. The largest absolute Gasteiger partial charge is 0.454 e. The number of esters is 1. The summed E-state index contributed by atoms with van der Waals surface area (Å²) in [5.74, 6) is 2.31. The topological polar surface area (TPSA) is 26.3 Å². The number of hydrogen-bond acceptors (Lipinski definition) is 2. The fraction of sp³-hybridized carbons (Fsp3) is 0.706. The number of carbonyl (C=O) groups excluding carboxylic acids is 1. The van der Waals surface area contributed by atoms with Crippen LogP contribution in [0.25, 0.3) is 0 Å². The molecule has 19 heavy (non-hydrogen) atoms. The highest BCUT2D eigenvalue weighted by Crippen LogP contribution is 2.61. The third-order valence-electron chi connectivity index (χ3n) is 5.49. The van der Waals surface area contributed by atoms with Gasteiger partial charge in [0.2, 0.25) is 0 Å². The standard InChI is InChI=1S/C17H24O2/c1-4-15(19-16(18)11(2)3)17-8-12-5-13(9-17)7-14(6-12)10-17/h4,12-15H,1-2,5-10H2,3H3. The maximum absolute atomic E-state index is 11.8. The van der Waals surface area contributed by atoms with Gasteiger partial charge in [0.1, 0.15) is 6.10 Å². The maximum Gasteiger partial charge on any atom is 0.333 e. The zero-order valence-electron chi connectivity index (χ0n) is 11.9. The van der Waals surface area contributed by atoms with E-state index in [1.165, 1.54) is 38.5 Å². The summed E-state index contributed by atoms with van der Waals surface area (Å²) in [6.45, 7) is 9.31. The monoisotopic (exact) mass is 260 g/mol. The van der Waals surface area contributed by atoms with Gasteiger partial charge < -0.3 is 4.74 Å². The van der Waals surface area contributed by atoms with Crippen molar-refractivity contribution in [3.63, 3.8) is 0 Å². The first kappa shape index (κ1) is 13.0. The number of carbonyl (C=O) groups is 1. The molecule has 0 amide bonds. The first-order chi connectivity index (χ1) is 9.02. The summed E-state index contributed by atoms with van der Waals surface area (Å²) in [7, 11) is 0. The predicted octanol–water partition coefficient (Wildman–Crippen LogP) is 3.88. The lowest BCUT2D eigenvalue weighted by Crippen LogP contribution is -2.52. The molecule has 1 atom stereocenters. The number of ether oxygens (including phenoxy) is 1. The van der Waals surface area contributed by atoms with Gasteiger partial charge in [-0.1, -0.05) is 19.2 Å². The van der Waals surface area contributed by atoms with Crippen LogP contribution in [0.5, 0.6) is 0 Å². The molecule has 4 bridgehead atoms. The van der Waals surface area contributed by atoms with Gasteiger partial charge in [0.05, 0.1) is 0 Å². The normalized spacial score (nSPS) is 40.8. The van der Waals surface area contributed by atoms with Gasteiger partial charge >= 0.3 is 5.97 Å². The summed E-state index contributed by atoms with van der Waals surface area (Å²) < 4.78 is 5.69. The molecule has 4 saturated carbocycles. The zero-order chi connectivity index (χ0) is 13.6. The van der Waals surface area contributed by atoms with Crippen molar-refractivity contribution in [1.29, 1.82) is 0 Å². The summed E-state index contributed by atoms with van der Waals surface area (Å²) >= 11 is 0. The van der Waals surface area contributed by atoms with E-state index in [9.17, 15) is 4.79 Å². The first-order valence-electron chi connectivity index (χ1n) is 7.51. The van der Waals surface area contributed by atoms with Crippen molar-refractivity contribution in [3.8, 4) is 0 Å². The Morgan fingerprint density at radius 1 is 1.21 bits per heavy atom. The van der Waals surface area contributed by atoms with Crippen LogP contribution in [0.2, 0.25) is 0 Å². The molecule has 0 spiro atoms. The van der Waals surface area contributed by atoms with Crippen molar-refractivity contribution in [2.24, 2.45) is 23.2 Å². The van der Waals surface area contributed by atoms with Gasteiger partial charge in [-0.2, -0.15) is 0 Å². The summed E-state index contributed by atoms with van der Waals surface area (Å²) in [5.41, 5.74) is 0.665. The lowest BCUT2D eigenvalue weighted by molar-refractivity contribution is -0.161. The van der Waals surface area contributed by atoms with E-state index in [1.807, 2.05) is 6.08 Å². The Bertz CT molecular complexity index is 386. The van der Waals surface area contributed by atoms with E-state index in [0.29, 0.717) is 5.57 Å². The fourth-order valence-corrected chi connectivity index (χ4v) is 5.17. The van der Waals surface area contributed by atoms with E-state index in [0.717, 1.165) is 17.8 Å². The number of rotatable bonds is 4. The molecule has 4 rings (SSSR count). The molecule has 2 heteroatoms. The van der Waals surface area contributed by atoms with Crippen LogP contribution in [0.15, 0.2) is 24.8 Å². The van der Waals surface area contributed by atoms with E-state index in [1.54, 1.807) is 6.92 Å². The molecule has 0 aromatic heterocycles. The van der Waals surface area contributed by atoms with Crippen LogP contribution in [0, 0.1) is 23.2 Å². The van der Waals surface area contributed by atoms with Gasteiger partial charge in [-0.3, -0.25) is 0 Å². The second-order valence-electron chi connectivity index (χ2n) is 7.12. The summed E-state index contributed by atoms with van der Waals surface area (Å²) in [6, 6.07) is 0. The van der Waals surface area contributed by atoms with Crippen LogP contribution in [-0.2, 0) is 9.53 Å². The quantitative estimate of drug-likeness (QED) is 0.435. The lowest BCUT2D eigenvalue weighted by Gasteiger charge is -2.58. The van der Waals surface area contributed by atoms with Crippen LogP contribution in [0.1, 0.15) is 45.4 Å². The average molecular weight is 260 g/mol. The highest BCUT2D eigenvalue weighted by Gasteiger charge is 2.54. The van der Waals surface area contributed by atoms with Gasteiger partial charge in [0.15, 0.2) is 0 Å². The van der Waals surface area contributed by atoms with Gasteiger partial charge in [-0.25, -0.2) is 4.79 Å². The second-order valence-corrected chi connectivity index (χ2v) is 7.12. The average Bonchev–Trinajstić information content (AvgIpc) is 2.33. The van der Waals surface area contributed by atoms with Crippen molar-refractivity contribution in [1.82, 2.24) is 0 Å². The highest BCUT2D eigenvalue weighted by molar-refractivity contribution is 5.87. The molecule has 4 aliphatic carbocycles. The first-order valence-corrected chi connectivity index (χ1v) is 7.51. The minimum Gasteiger partial charge on any atom is -0.454 e. The smallest absolute Gasteiger partial charge is 0.333 e. The molecule has 104 valence electrons. The molecule has 4 fully saturated rings. The predicted molar refractivity (Wildman–Crippen MR) is 75.5 cm³/mol. The van der Waals surface area contributed by atoms with Crippen LogP contribution >= 0.6 is 0 Å². The van der Waals surface area contributed by atoms with E-state index in [4.69, 9.17) is 4.74 Å². The maximum atomic E-state index is 11.8. The Kier molecular flexibility index (Phi) is 3.07. The molecule has 0 N–H and O–H groups in total. The minimum atomic E-state index is -0.263. The molecule has 0 aliphatic heterocycles. The van der Waals surface area contributed by atoms with E-state index in [2.05, 4.69) is 13.2 Å². The minimum absolute atomic E-state index is 0.120. The highest BCUT2D eigenvalue weighted by atomic mass is 16.5. The number of hydrogen-bond donors (Lipinski definition) is 0. The van der Waals surface area contributed by atoms with Crippen molar-refractivity contribution in [3.05, 3.63) is 24.8 Å². The zero-order valence-corrected chi connectivity index (χ0v) is 11.9. The fourth-order valence-electron chi connectivity index (χ4n) is 5.17.